The number of primary amides is 1. The monoisotopic (exact) mass is 140 g/mol. The molecule has 6 nitrogen and oxygen atoms in total. The molecule has 1 radical (unpaired) electrons. The maximum Gasteiger partial charge on any atom is 0.232 e. The van der Waals surface area contributed by atoms with E-state index >= 15 is 0 Å². The van der Waals surface area contributed by atoms with Gasteiger partial charge < -0.3 is 5.73 Å². The summed E-state index contributed by atoms with van der Waals surface area (Å²) in [7, 11) is 0. The Morgan fingerprint density at radius 1 is 1.70 bits per heavy atom. The van der Waals surface area contributed by atoms with E-state index in [9.17, 15) is 4.79 Å². The molecule has 0 aliphatic carbocycles. The number of rotatable bonds is 2. The number of carbonyl (C=O) groups is 1. The largest absolute Gasteiger partial charge is 0.369 e. The predicted molar refractivity (Wildman–Crippen MR) is 31.4 cm³/mol. The van der Waals surface area contributed by atoms with E-state index in [4.69, 9.17) is 5.73 Å². The molecule has 3 N–H and O–H groups in total. The lowest BCUT2D eigenvalue weighted by Gasteiger charge is -1.96. The SMILES string of the molecule is C[C](C(N)=O)c1nnn[nH]1. The molecule has 0 spiro atoms. The molecule has 53 valence electrons. The summed E-state index contributed by atoms with van der Waals surface area (Å²) in [6, 6.07) is 0. The fourth-order valence-electron chi connectivity index (χ4n) is 0.435. The molecule has 0 aromatic carbocycles. The van der Waals surface area contributed by atoms with Crippen LogP contribution in [0.5, 0.6) is 0 Å². The Labute approximate surface area is 56.8 Å². The molecule has 0 saturated carbocycles. The highest BCUT2D eigenvalue weighted by Crippen LogP contribution is 2.03. The number of hydrogen-bond acceptors (Lipinski definition) is 4. The van der Waals surface area contributed by atoms with Crippen LogP contribution >= 0.6 is 0 Å². The Morgan fingerprint density at radius 3 is 2.80 bits per heavy atom. The van der Waals surface area contributed by atoms with Crippen molar-refractivity contribution in [1.82, 2.24) is 20.6 Å². The molecule has 0 saturated heterocycles. The topological polar surface area (TPSA) is 97.6 Å². The lowest BCUT2D eigenvalue weighted by Crippen LogP contribution is -2.20. The second kappa shape index (κ2) is 2.42. The van der Waals surface area contributed by atoms with Crippen molar-refractivity contribution >= 4 is 5.91 Å². The van der Waals surface area contributed by atoms with Gasteiger partial charge in [-0.2, -0.15) is 0 Å². The Bertz CT molecular complexity index is 218. The Hall–Kier alpha value is -1.46. The molecular weight excluding hydrogens is 134 g/mol. The zero-order chi connectivity index (χ0) is 7.56. The summed E-state index contributed by atoms with van der Waals surface area (Å²) in [6.45, 7) is 1.55. The van der Waals surface area contributed by atoms with Crippen molar-refractivity contribution < 1.29 is 4.79 Å². The zero-order valence-electron chi connectivity index (χ0n) is 5.33. The van der Waals surface area contributed by atoms with Crippen molar-refractivity contribution in [2.75, 3.05) is 0 Å². The van der Waals surface area contributed by atoms with Crippen LogP contribution < -0.4 is 5.73 Å². The highest BCUT2D eigenvalue weighted by Gasteiger charge is 2.15. The number of aromatic amines is 1. The van der Waals surface area contributed by atoms with Gasteiger partial charge in [-0.1, -0.05) is 0 Å². The van der Waals surface area contributed by atoms with Crippen molar-refractivity contribution in [2.24, 2.45) is 5.73 Å². The third-order valence-electron chi connectivity index (χ3n) is 1.07. The maximum atomic E-state index is 10.5. The second-order valence-corrected chi connectivity index (χ2v) is 1.74. The molecule has 1 aromatic heterocycles. The van der Waals surface area contributed by atoms with Gasteiger partial charge in [0.2, 0.25) is 5.91 Å². The first-order chi connectivity index (χ1) is 4.72. The first-order valence-electron chi connectivity index (χ1n) is 2.59. The molecule has 0 aliphatic heterocycles. The van der Waals surface area contributed by atoms with Gasteiger partial charge in [0.05, 0.1) is 0 Å². The molecule has 1 heterocycles. The van der Waals surface area contributed by atoms with Crippen LogP contribution in [0.2, 0.25) is 0 Å². The fourth-order valence-corrected chi connectivity index (χ4v) is 0.435. The van der Waals surface area contributed by atoms with Crippen LogP contribution in [0.4, 0.5) is 0 Å². The van der Waals surface area contributed by atoms with Gasteiger partial charge in [0.25, 0.3) is 0 Å². The minimum atomic E-state index is -0.529. The lowest BCUT2D eigenvalue weighted by atomic mass is 10.2. The van der Waals surface area contributed by atoms with Crippen LogP contribution in [0.3, 0.4) is 0 Å². The van der Waals surface area contributed by atoms with Crippen LogP contribution in [-0.2, 0) is 4.79 Å². The van der Waals surface area contributed by atoms with Gasteiger partial charge in [0, 0.05) is 0 Å². The third kappa shape index (κ3) is 1.09. The van der Waals surface area contributed by atoms with Gasteiger partial charge in [-0.15, -0.1) is 5.10 Å². The number of nitrogens with one attached hydrogen (secondary N) is 1. The summed E-state index contributed by atoms with van der Waals surface area (Å²) in [5, 5.41) is 12.4. The lowest BCUT2D eigenvalue weighted by molar-refractivity contribution is -0.115. The van der Waals surface area contributed by atoms with Crippen LogP contribution in [0.25, 0.3) is 0 Å². The molecule has 1 aromatic rings. The van der Waals surface area contributed by atoms with Crippen molar-refractivity contribution in [3.63, 3.8) is 0 Å². The highest BCUT2D eigenvalue weighted by molar-refractivity contribution is 5.90. The quantitative estimate of drug-likeness (QED) is 0.529. The average Bonchev–Trinajstić information content (AvgIpc) is 2.36. The Morgan fingerprint density at radius 2 is 2.40 bits per heavy atom. The number of hydrogen-bond donors (Lipinski definition) is 2. The molecule has 6 heteroatoms. The third-order valence-corrected chi connectivity index (χ3v) is 1.07. The van der Waals surface area contributed by atoms with Crippen LogP contribution in [-0.4, -0.2) is 26.5 Å². The maximum absolute atomic E-state index is 10.5. The smallest absolute Gasteiger partial charge is 0.232 e. The Balaban J connectivity index is 2.77. The van der Waals surface area contributed by atoms with Crippen LogP contribution in [0, 0.1) is 5.92 Å². The van der Waals surface area contributed by atoms with Crippen molar-refractivity contribution in [2.45, 2.75) is 6.92 Å². The average molecular weight is 140 g/mol. The number of nitrogens with two attached hydrogens (primary N) is 1. The minimum Gasteiger partial charge on any atom is -0.369 e. The predicted octanol–water partition coefficient (Wildman–Crippen LogP) is -1.37. The van der Waals surface area contributed by atoms with Gasteiger partial charge in [-0.25, -0.2) is 5.10 Å². The Kier molecular flexibility index (Phi) is 1.61. The van der Waals surface area contributed by atoms with Gasteiger partial charge >= 0.3 is 0 Å². The number of aromatic nitrogens is 4. The van der Waals surface area contributed by atoms with E-state index in [1.54, 1.807) is 6.92 Å². The molecular formula is C4H6N5O. The van der Waals surface area contributed by atoms with E-state index in [0.29, 0.717) is 11.7 Å². The summed E-state index contributed by atoms with van der Waals surface area (Å²) >= 11 is 0. The minimum absolute atomic E-state index is 0.313. The van der Waals surface area contributed by atoms with Gasteiger partial charge in [-0.3, -0.25) is 4.79 Å². The summed E-state index contributed by atoms with van der Waals surface area (Å²) in [6.07, 6.45) is 0. The van der Waals surface area contributed by atoms with E-state index in [1.165, 1.54) is 0 Å². The van der Waals surface area contributed by atoms with Crippen molar-refractivity contribution in [3.8, 4) is 0 Å². The van der Waals surface area contributed by atoms with E-state index in [2.05, 4.69) is 20.6 Å². The van der Waals surface area contributed by atoms with Crippen molar-refractivity contribution in [3.05, 3.63) is 11.7 Å². The number of amides is 1. The van der Waals surface area contributed by atoms with Crippen molar-refractivity contribution in [1.29, 1.82) is 0 Å². The normalized spacial score (nSPS) is 10.2. The molecule has 0 bridgehead atoms. The molecule has 1 amide bonds. The fraction of sp³-hybridized carbons (Fsp3) is 0.250. The first kappa shape index (κ1) is 6.66. The number of H-pyrrole nitrogens is 1. The summed E-state index contributed by atoms with van der Waals surface area (Å²) in [4.78, 5) is 10.5. The molecule has 0 unspecified atom stereocenters. The van der Waals surface area contributed by atoms with E-state index in [1.807, 2.05) is 0 Å². The van der Waals surface area contributed by atoms with Gasteiger partial charge in [-0.05, 0) is 17.4 Å². The number of tetrazole rings is 1. The standard InChI is InChI=1S/C4H6N5O/c1-2(3(5)10)4-6-8-9-7-4/h1H3,(H2,5,10)(H,6,7,8,9). The molecule has 10 heavy (non-hydrogen) atoms. The number of nitrogens with zero attached hydrogens (tertiary/aromatic N) is 3. The van der Waals surface area contributed by atoms with Crippen LogP contribution in [0.15, 0.2) is 0 Å². The van der Waals surface area contributed by atoms with E-state index in [-0.39, 0.29) is 0 Å². The molecule has 0 aliphatic rings. The highest BCUT2D eigenvalue weighted by atomic mass is 16.1. The second-order valence-electron chi connectivity index (χ2n) is 1.74. The first-order valence-corrected chi connectivity index (χ1v) is 2.59. The van der Waals surface area contributed by atoms with Gasteiger partial charge in [0.1, 0.15) is 5.92 Å². The number of carbonyl (C=O) groups excluding carboxylic acids is 1. The van der Waals surface area contributed by atoms with E-state index in [0.717, 1.165) is 0 Å². The summed E-state index contributed by atoms with van der Waals surface area (Å²) < 4.78 is 0. The van der Waals surface area contributed by atoms with Crippen LogP contribution in [0.1, 0.15) is 12.7 Å². The van der Waals surface area contributed by atoms with Gasteiger partial charge in [0.15, 0.2) is 5.82 Å². The zero-order valence-corrected chi connectivity index (χ0v) is 5.33. The molecule has 1 rings (SSSR count). The molecule has 0 fully saturated rings. The molecule has 0 atom stereocenters. The summed E-state index contributed by atoms with van der Waals surface area (Å²) in [5.41, 5.74) is 4.94. The summed E-state index contributed by atoms with van der Waals surface area (Å²) in [5.74, 6) is 0.107. The van der Waals surface area contributed by atoms with E-state index < -0.39 is 5.91 Å².